The summed E-state index contributed by atoms with van der Waals surface area (Å²) in [6, 6.07) is 0. The van der Waals surface area contributed by atoms with Crippen molar-refractivity contribution in [2.75, 3.05) is 0 Å². The molecule has 1 saturated carbocycles. The molecule has 0 heterocycles. The second-order valence-corrected chi connectivity index (χ2v) is 4.10. The summed E-state index contributed by atoms with van der Waals surface area (Å²) in [5, 5.41) is 0. The number of carbonyl (C=O) groups is 2. The Hall–Kier alpha value is -0.660. The van der Waals surface area contributed by atoms with Gasteiger partial charge in [0.25, 0.3) is 0 Å². The highest BCUT2D eigenvalue weighted by molar-refractivity contribution is 6.00. The van der Waals surface area contributed by atoms with Gasteiger partial charge in [-0.2, -0.15) is 0 Å². The molecule has 0 N–H and O–H groups in total. The lowest BCUT2D eigenvalue weighted by Crippen LogP contribution is -2.29. The van der Waals surface area contributed by atoms with Crippen LogP contribution < -0.4 is 0 Å². The standard InChI is InChI=1S/C11H18O2/c1-8(12)11(9(2)13)10-6-4-3-5-7-10/h10-11H,3-7H2,1-2H3. The fourth-order valence-corrected chi connectivity index (χ4v) is 2.42. The van der Waals surface area contributed by atoms with Crippen molar-refractivity contribution in [2.45, 2.75) is 46.0 Å². The zero-order chi connectivity index (χ0) is 9.84. The van der Waals surface area contributed by atoms with E-state index in [1.165, 1.54) is 19.3 Å². The lowest BCUT2D eigenvalue weighted by Gasteiger charge is -2.26. The van der Waals surface area contributed by atoms with Crippen molar-refractivity contribution in [1.82, 2.24) is 0 Å². The van der Waals surface area contributed by atoms with Crippen LogP contribution in [0.5, 0.6) is 0 Å². The van der Waals surface area contributed by atoms with Crippen LogP contribution in [0, 0.1) is 11.8 Å². The molecule has 1 aliphatic rings. The van der Waals surface area contributed by atoms with E-state index in [-0.39, 0.29) is 17.5 Å². The van der Waals surface area contributed by atoms with Crippen molar-refractivity contribution in [3.8, 4) is 0 Å². The minimum Gasteiger partial charge on any atom is -0.299 e. The Balaban J connectivity index is 2.62. The zero-order valence-corrected chi connectivity index (χ0v) is 8.51. The van der Waals surface area contributed by atoms with Crippen molar-refractivity contribution in [3.05, 3.63) is 0 Å². The van der Waals surface area contributed by atoms with Crippen molar-refractivity contribution in [1.29, 1.82) is 0 Å². The Morgan fingerprint density at radius 1 is 1.00 bits per heavy atom. The van der Waals surface area contributed by atoms with Crippen LogP contribution in [-0.2, 0) is 9.59 Å². The molecular weight excluding hydrogens is 164 g/mol. The van der Waals surface area contributed by atoms with Crippen molar-refractivity contribution < 1.29 is 9.59 Å². The monoisotopic (exact) mass is 182 g/mol. The topological polar surface area (TPSA) is 34.1 Å². The average molecular weight is 182 g/mol. The van der Waals surface area contributed by atoms with Gasteiger partial charge >= 0.3 is 0 Å². The van der Waals surface area contributed by atoms with Gasteiger partial charge in [0.05, 0.1) is 5.92 Å². The lowest BCUT2D eigenvalue weighted by molar-refractivity contribution is -0.133. The molecule has 1 fully saturated rings. The first-order valence-corrected chi connectivity index (χ1v) is 5.14. The Morgan fingerprint density at radius 3 is 1.85 bits per heavy atom. The molecule has 0 radical (unpaired) electrons. The normalized spacial score (nSPS) is 19.0. The molecule has 74 valence electrons. The number of hydrogen-bond donors (Lipinski definition) is 0. The van der Waals surface area contributed by atoms with E-state index in [0.29, 0.717) is 5.92 Å². The maximum absolute atomic E-state index is 11.3. The van der Waals surface area contributed by atoms with Gasteiger partial charge in [-0.05, 0) is 32.6 Å². The quantitative estimate of drug-likeness (QED) is 0.628. The number of carbonyl (C=O) groups excluding carboxylic acids is 2. The molecule has 1 rings (SSSR count). The fraction of sp³-hybridized carbons (Fsp3) is 0.818. The van der Waals surface area contributed by atoms with Crippen LogP contribution in [0.3, 0.4) is 0 Å². The van der Waals surface area contributed by atoms with Crippen LogP contribution in [-0.4, -0.2) is 11.6 Å². The van der Waals surface area contributed by atoms with Crippen molar-refractivity contribution >= 4 is 11.6 Å². The van der Waals surface area contributed by atoms with E-state index in [9.17, 15) is 9.59 Å². The van der Waals surface area contributed by atoms with E-state index >= 15 is 0 Å². The molecule has 0 unspecified atom stereocenters. The van der Waals surface area contributed by atoms with Gasteiger partial charge in [-0.15, -0.1) is 0 Å². The molecule has 1 aliphatic carbocycles. The Kier molecular flexibility index (Phi) is 3.64. The molecule has 2 heteroatoms. The van der Waals surface area contributed by atoms with Crippen LogP contribution in [0.2, 0.25) is 0 Å². The minimum absolute atomic E-state index is 0.0550. The first-order chi connectivity index (χ1) is 6.13. The molecule has 0 bridgehead atoms. The highest BCUT2D eigenvalue weighted by Crippen LogP contribution is 2.30. The maximum atomic E-state index is 11.3. The third-order valence-electron chi connectivity index (χ3n) is 3.00. The molecule has 0 aromatic rings. The fourth-order valence-electron chi connectivity index (χ4n) is 2.42. The van der Waals surface area contributed by atoms with Gasteiger partial charge in [-0.1, -0.05) is 19.3 Å². The molecule has 13 heavy (non-hydrogen) atoms. The van der Waals surface area contributed by atoms with E-state index in [0.717, 1.165) is 12.8 Å². The lowest BCUT2D eigenvalue weighted by atomic mass is 9.77. The Morgan fingerprint density at radius 2 is 1.46 bits per heavy atom. The second kappa shape index (κ2) is 4.54. The SMILES string of the molecule is CC(=O)C(C(C)=O)C1CCCCC1. The van der Waals surface area contributed by atoms with Gasteiger partial charge in [0, 0.05) is 0 Å². The molecule has 0 spiro atoms. The second-order valence-electron chi connectivity index (χ2n) is 4.10. The van der Waals surface area contributed by atoms with Gasteiger partial charge in [0.1, 0.15) is 11.6 Å². The van der Waals surface area contributed by atoms with Crippen LogP contribution in [0.25, 0.3) is 0 Å². The average Bonchev–Trinajstić information content (AvgIpc) is 2.04. The predicted molar refractivity (Wildman–Crippen MR) is 51.4 cm³/mol. The summed E-state index contributed by atoms with van der Waals surface area (Å²) in [5.41, 5.74) is 0. The summed E-state index contributed by atoms with van der Waals surface area (Å²) >= 11 is 0. The molecular formula is C11H18O2. The number of rotatable bonds is 3. The molecule has 0 aromatic heterocycles. The van der Waals surface area contributed by atoms with Gasteiger partial charge in [0.15, 0.2) is 0 Å². The summed E-state index contributed by atoms with van der Waals surface area (Å²) < 4.78 is 0. The number of ketones is 2. The minimum atomic E-state index is -0.305. The molecule has 2 nitrogen and oxygen atoms in total. The third-order valence-corrected chi connectivity index (χ3v) is 3.00. The van der Waals surface area contributed by atoms with Gasteiger partial charge < -0.3 is 0 Å². The summed E-state index contributed by atoms with van der Waals surface area (Å²) in [5.74, 6) is 0.142. The molecule has 0 saturated heterocycles. The van der Waals surface area contributed by atoms with Crippen LogP contribution in [0.4, 0.5) is 0 Å². The van der Waals surface area contributed by atoms with Crippen LogP contribution in [0.15, 0.2) is 0 Å². The molecule has 0 aliphatic heterocycles. The van der Waals surface area contributed by atoms with E-state index < -0.39 is 0 Å². The van der Waals surface area contributed by atoms with Crippen LogP contribution in [0.1, 0.15) is 46.0 Å². The van der Waals surface area contributed by atoms with Crippen LogP contribution >= 0.6 is 0 Å². The van der Waals surface area contributed by atoms with E-state index in [4.69, 9.17) is 0 Å². The molecule has 0 aromatic carbocycles. The summed E-state index contributed by atoms with van der Waals surface area (Å²) in [7, 11) is 0. The number of Topliss-reactive ketones (excluding diaryl/α,β-unsaturated/α-hetero) is 2. The summed E-state index contributed by atoms with van der Waals surface area (Å²) in [6.07, 6.45) is 5.75. The van der Waals surface area contributed by atoms with Gasteiger partial charge in [0.2, 0.25) is 0 Å². The molecule has 0 atom stereocenters. The highest BCUT2D eigenvalue weighted by Gasteiger charge is 2.30. The van der Waals surface area contributed by atoms with E-state index in [2.05, 4.69) is 0 Å². The summed E-state index contributed by atoms with van der Waals surface area (Å²) in [4.78, 5) is 22.5. The zero-order valence-electron chi connectivity index (χ0n) is 8.51. The molecule has 0 amide bonds. The Labute approximate surface area is 79.7 Å². The first kappa shape index (κ1) is 10.4. The van der Waals surface area contributed by atoms with Gasteiger partial charge in [-0.25, -0.2) is 0 Å². The Bertz CT molecular complexity index is 188. The smallest absolute Gasteiger partial charge is 0.140 e. The largest absolute Gasteiger partial charge is 0.299 e. The third kappa shape index (κ3) is 2.64. The van der Waals surface area contributed by atoms with E-state index in [1.54, 1.807) is 13.8 Å². The summed E-state index contributed by atoms with van der Waals surface area (Å²) in [6.45, 7) is 3.08. The van der Waals surface area contributed by atoms with Crippen molar-refractivity contribution in [2.24, 2.45) is 11.8 Å². The van der Waals surface area contributed by atoms with E-state index in [1.807, 2.05) is 0 Å². The van der Waals surface area contributed by atoms with Crippen molar-refractivity contribution in [3.63, 3.8) is 0 Å². The predicted octanol–water partition coefficient (Wildman–Crippen LogP) is 2.36. The first-order valence-electron chi connectivity index (χ1n) is 5.14. The highest BCUT2D eigenvalue weighted by atomic mass is 16.1. The maximum Gasteiger partial charge on any atom is 0.140 e. The number of hydrogen-bond acceptors (Lipinski definition) is 2. The van der Waals surface area contributed by atoms with Gasteiger partial charge in [-0.3, -0.25) is 9.59 Å².